The second-order valence-electron chi connectivity index (χ2n) is 4.38. The molecule has 0 aliphatic heterocycles. The maximum atomic E-state index is 12.4. The minimum Gasteiger partial charge on any atom is -0.480 e. The minimum atomic E-state index is -1.01. The van der Waals surface area contributed by atoms with Crippen molar-refractivity contribution in [3.8, 4) is 0 Å². The Hall–Kier alpha value is -2.30. The Balaban J connectivity index is 2.45. The quantitative estimate of drug-likeness (QED) is 0.883. The second-order valence-corrected chi connectivity index (χ2v) is 4.38. The van der Waals surface area contributed by atoms with Crippen molar-refractivity contribution >= 4 is 22.8 Å². The first-order valence-electron chi connectivity index (χ1n) is 6.13. The van der Waals surface area contributed by atoms with Crippen LogP contribution in [0.5, 0.6) is 0 Å². The molecular weight excluding hydrogens is 244 g/mol. The molecular formula is C14H16N2O3. The van der Waals surface area contributed by atoms with Gasteiger partial charge in [0.25, 0.3) is 5.91 Å². The van der Waals surface area contributed by atoms with Gasteiger partial charge in [-0.05, 0) is 19.9 Å². The zero-order chi connectivity index (χ0) is 14.0. The van der Waals surface area contributed by atoms with E-state index in [1.54, 1.807) is 6.92 Å². The summed E-state index contributed by atoms with van der Waals surface area (Å²) < 4.78 is 0. The van der Waals surface area contributed by atoms with Gasteiger partial charge in [-0.15, -0.1) is 0 Å². The minimum absolute atomic E-state index is 0.250. The number of para-hydroxylation sites is 1. The molecule has 2 rings (SSSR count). The first-order valence-corrected chi connectivity index (χ1v) is 6.13. The van der Waals surface area contributed by atoms with Crippen molar-refractivity contribution in [3.05, 3.63) is 35.5 Å². The number of amides is 1. The first-order chi connectivity index (χ1) is 9.04. The fourth-order valence-electron chi connectivity index (χ4n) is 2.20. The Bertz CT molecular complexity index is 631. The van der Waals surface area contributed by atoms with Crippen LogP contribution in [0.25, 0.3) is 10.9 Å². The van der Waals surface area contributed by atoms with Gasteiger partial charge in [0.05, 0.1) is 5.56 Å². The number of aliphatic carboxylic acids is 1. The Kier molecular flexibility index (Phi) is 3.55. The van der Waals surface area contributed by atoms with Crippen LogP contribution in [0.2, 0.25) is 0 Å². The SMILES string of the molecule is CCN(CC(=O)O)C(=O)c1c(C)[nH]c2ccccc12. The Morgan fingerprint density at radius 3 is 2.63 bits per heavy atom. The lowest BCUT2D eigenvalue weighted by atomic mass is 10.1. The molecule has 0 saturated carbocycles. The molecule has 5 nitrogen and oxygen atoms in total. The van der Waals surface area contributed by atoms with E-state index in [2.05, 4.69) is 4.98 Å². The summed E-state index contributed by atoms with van der Waals surface area (Å²) in [5, 5.41) is 9.67. The average Bonchev–Trinajstić information content (AvgIpc) is 2.70. The lowest BCUT2D eigenvalue weighted by Gasteiger charge is -2.18. The number of benzene rings is 1. The van der Waals surface area contributed by atoms with Crippen LogP contribution in [0, 0.1) is 6.92 Å². The molecule has 0 spiro atoms. The number of carboxylic acids is 1. The number of carbonyl (C=O) groups excluding carboxylic acids is 1. The van der Waals surface area contributed by atoms with Gasteiger partial charge in [-0.2, -0.15) is 0 Å². The molecule has 0 aliphatic carbocycles. The molecule has 0 bridgehead atoms. The topological polar surface area (TPSA) is 73.4 Å². The highest BCUT2D eigenvalue weighted by atomic mass is 16.4. The molecule has 1 heterocycles. The molecule has 1 amide bonds. The number of aromatic amines is 1. The molecule has 0 fully saturated rings. The van der Waals surface area contributed by atoms with E-state index in [9.17, 15) is 9.59 Å². The van der Waals surface area contributed by atoms with Crippen molar-refractivity contribution in [1.82, 2.24) is 9.88 Å². The van der Waals surface area contributed by atoms with E-state index < -0.39 is 5.97 Å². The van der Waals surface area contributed by atoms with Gasteiger partial charge < -0.3 is 15.0 Å². The number of hydrogen-bond donors (Lipinski definition) is 2. The lowest BCUT2D eigenvalue weighted by molar-refractivity contribution is -0.137. The number of H-pyrrole nitrogens is 1. The molecule has 2 aromatic rings. The van der Waals surface area contributed by atoms with Crippen LogP contribution >= 0.6 is 0 Å². The number of rotatable bonds is 4. The van der Waals surface area contributed by atoms with Gasteiger partial charge in [0.1, 0.15) is 6.54 Å². The van der Waals surface area contributed by atoms with Gasteiger partial charge >= 0.3 is 5.97 Å². The highest BCUT2D eigenvalue weighted by Gasteiger charge is 2.22. The van der Waals surface area contributed by atoms with E-state index in [1.807, 2.05) is 31.2 Å². The van der Waals surface area contributed by atoms with Crippen molar-refractivity contribution in [2.75, 3.05) is 13.1 Å². The van der Waals surface area contributed by atoms with E-state index in [-0.39, 0.29) is 12.5 Å². The number of aryl methyl sites for hydroxylation is 1. The molecule has 2 N–H and O–H groups in total. The van der Waals surface area contributed by atoms with Crippen LogP contribution in [0.4, 0.5) is 0 Å². The van der Waals surface area contributed by atoms with Gasteiger partial charge in [0.2, 0.25) is 0 Å². The summed E-state index contributed by atoms with van der Waals surface area (Å²) in [5.41, 5.74) is 2.20. The summed E-state index contributed by atoms with van der Waals surface area (Å²) in [6, 6.07) is 7.51. The molecule has 0 aliphatic rings. The van der Waals surface area contributed by atoms with Crippen LogP contribution in [0.15, 0.2) is 24.3 Å². The van der Waals surface area contributed by atoms with Crippen molar-refractivity contribution in [3.63, 3.8) is 0 Å². The number of nitrogens with one attached hydrogen (secondary N) is 1. The fraction of sp³-hybridized carbons (Fsp3) is 0.286. The Morgan fingerprint density at radius 1 is 1.32 bits per heavy atom. The van der Waals surface area contributed by atoms with Crippen molar-refractivity contribution in [1.29, 1.82) is 0 Å². The zero-order valence-electron chi connectivity index (χ0n) is 10.9. The number of likely N-dealkylation sites (N-methyl/N-ethyl adjacent to an activating group) is 1. The lowest BCUT2D eigenvalue weighted by Crippen LogP contribution is -2.35. The van der Waals surface area contributed by atoms with Crippen LogP contribution in [0.3, 0.4) is 0 Å². The molecule has 0 saturated heterocycles. The number of carbonyl (C=O) groups is 2. The fourth-order valence-corrected chi connectivity index (χ4v) is 2.20. The summed E-state index contributed by atoms with van der Waals surface area (Å²) in [4.78, 5) is 27.7. The third-order valence-corrected chi connectivity index (χ3v) is 3.10. The maximum Gasteiger partial charge on any atom is 0.323 e. The van der Waals surface area contributed by atoms with E-state index in [4.69, 9.17) is 5.11 Å². The molecule has 0 unspecified atom stereocenters. The molecule has 0 atom stereocenters. The molecule has 1 aromatic carbocycles. The Labute approximate surface area is 110 Å². The number of aromatic nitrogens is 1. The monoisotopic (exact) mass is 260 g/mol. The van der Waals surface area contributed by atoms with E-state index >= 15 is 0 Å². The standard InChI is InChI=1S/C14H16N2O3/c1-3-16(8-12(17)18)14(19)13-9(2)15-11-7-5-4-6-10(11)13/h4-7,15H,3,8H2,1-2H3,(H,17,18). The van der Waals surface area contributed by atoms with Gasteiger partial charge in [-0.1, -0.05) is 18.2 Å². The number of carboxylic acid groups (broad SMARTS) is 1. The average molecular weight is 260 g/mol. The molecule has 100 valence electrons. The number of hydrogen-bond acceptors (Lipinski definition) is 2. The van der Waals surface area contributed by atoms with Crippen LogP contribution in [0.1, 0.15) is 23.0 Å². The van der Waals surface area contributed by atoms with E-state index in [0.717, 1.165) is 16.6 Å². The summed E-state index contributed by atoms with van der Waals surface area (Å²) in [6.07, 6.45) is 0. The molecule has 19 heavy (non-hydrogen) atoms. The van der Waals surface area contributed by atoms with Crippen LogP contribution in [-0.4, -0.2) is 40.0 Å². The number of nitrogens with zero attached hydrogens (tertiary/aromatic N) is 1. The van der Waals surface area contributed by atoms with E-state index in [0.29, 0.717) is 12.1 Å². The highest BCUT2D eigenvalue weighted by Crippen LogP contribution is 2.23. The zero-order valence-corrected chi connectivity index (χ0v) is 10.9. The predicted molar refractivity (Wildman–Crippen MR) is 72.2 cm³/mol. The molecule has 1 aromatic heterocycles. The summed E-state index contributed by atoms with van der Waals surface area (Å²) in [7, 11) is 0. The van der Waals surface area contributed by atoms with Gasteiger partial charge in [0.15, 0.2) is 0 Å². The Morgan fingerprint density at radius 2 is 2.00 bits per heavy atom. The highest BCUT2D eigenvalue weighted by molar-refractivity contribution is 6.08. The molecule has 0 radical (unpaired) electrons. The largest absolute Gasteiger partial charge is 0.480 e. The first kappa shape index (κ1) is 13.1. The smallest absolute Gasteiger partial charge is 0.323 e. The summed E-state index contributed by atoms with van der Waals surface area (Å²) in [6.45, 7) is 3.67. The summed E-state index contributed by atoms with van der Waals surface area (Å²) in [5.74, 6) is -1.26. The maximum absolute atomic E-state index is 12.4. The predicted octanol–water partition coefficient (Wildman–Crippen LogP) is 2.02. The van der Waals surface area contributed by atoms with Gasteiger partial charge in [0, 0.05) is 23.1 Å². The summed E-state index contributed by atoms with van der Waals surface area (Å²) >= 11 is 0. The van der Waals surface area contributed by atoms with Gasteiger partial charge in [-0.3, -0.25) is 9.59 Å². The second kappa shape index (κ2) is 5.14. The van der Waals surface area contributed by atoms with Crippen molar-refractivity contribution in [2.45, 2.75) is 13.8 Å². The van der Waals surface area contributed by atoms with Crippen molar-refractivity contribution in [2.24, 2.45) is 0 Å². The van der Waals surface area contributed by atoms with Gasteiger partial charge in [-0.25, -0.2) is 0 Å². The number of fused-ring (bicyclic) bond motifs is 1. The molecule has 5 heteroatoms. The van der Waals surface area contributed by atoms with Crippen molar-refractivity contribution < 1.29 is 14.7 Å². The van der Waals surface area contributed by atoms with Crippen LogP contribution < -0.4 is 0 Å². The van der Waals surface area contributed by atoms with E-state index in [1.165, 1.54) is 4.90 Å². The third-order valence-electron chi connectivity index (χ3n) is 3.10. The normalized spacial score (nSPS) is 10.6. The van der Waals surface area contributed by atoms with Crippen LogP contribution in [-0.2, 0) is 4.79 Å². The third kappa shape index (κ3) is 2.45.